The molecule has 1 N–H and O–H groups in total. The van der Waals surface area contributed by atoms with Crippen molar-refractivity contribution in [1.29, 1.82) is 0 Å². The third kappa shape index (κ3) is 4.88. The first-order chi connectivity index (χ1) is 15.4. The smallest absolute Gasteiger partial charge is 0.270 e. The number of pyridine rings is 1. The Morgan fingerprint density at radius 1 is 1.09 bits per heavy atom. The van der Waals surface area contributed by atoms with E-state index in [1.165, 1.54) is 16.7 Å². The van der Waals surface area contributed by atoms with Crippen LogP contribution in [-0.4, -0.2) is 43.6 Å². The normalized spacial score (nSPS) is 15.3. The lowest BCUT2D eigenvalue weighted by atomic mass is 10.0. The van der Waals surface area contributed by atoms with E-state index in [1.54, 1.807) is 18.3 Å². The molecule has 0 saturated heterocycles. The lowest BCUT2D eigenvalue weighted by Crippen LogP contribution is -2.34. The Morgan fingerprint density at radius 2 is 1.94 bits per heavy atom. The molecule has 1 aliphatic rings. The number of fused-ring (bicyclic) bond motifs is 1. The second-order valence-electron chi connectivity index (χ2n) is 8.99. The maximum absolute atomic E-state index is 12.8. The number of nitrogens with one attached hydrogen (secondary N) is 1. The van der Waals surface area contributed by atoms with Crippen molar-refractivity contribution in [3.63, 3.8) is 0 Å². The minimum Gasteiger partial charge on any atom is -0.340 e. The fraction of sp³-hybridized carbons (Fsp3) is 0.440. The molecule has 1 aromatic carbocycles. The van der Waals surface area contributed by atoms with Crippen molar-refractivity contribution < 1.29 is 4.79 Å². The highest BCUT2D eigenvalue weighted by molar-refractivity contribution is 5.92. The van der Waals surface area contributed by atoms with Gasteiger partial charge >= 0.3 is 0 Å². The van der Waals surface area contributed by atoms with Crippen LogP contribution in [0.25, 0.3) is 0 Å². The predicted octanol–water partition coefficient (Wildman–Crippen LogP) is 3.48. The summed E-state index contributed by atoms with van der Waals surface area (Å²) < 4.78 is 2.20. The summed E-state index contributed by atoms with van der Waals surface area (Å²) in [5.41, 5.74) is 4.42. The lowest BCUT2D eigenvalue weighted by molar-refractivity contribution is 0.0916. The fourth-order valence-corrected chi connectivity index (χ4v) is 4.28. The molecule has 2 aromatic heterocycles. The first-order valence-corrected chi connectivity index (χ1v) is 11.3. The quantitative estimate of drug-likeness (QED) is 0.645. The maximum atomic E-state index is 12.8. The molecule has 168 valence electrons. The number of aryl methyl sites for hydroxylation is 2. The molecule has 0 aliphatic carbocycles. The molecule has 0 radical (unpaired) electrons. The Morgan fingerprint density at radius 3 is 2.66 bits per heavy atom. The number of carbonyl (C=O) groups excluding carboxylic acids is 1. The summed E-state index contributed by atoms with van der Waals surface area (Å²) in [5, 5.41) is 12.1. The van der Waals surface area contributed by atoms with Crippen LogP contribution in [-0.2, 0) is 19.5 Å². The van der Waals surface area contributed by atoms with E-state index in [1.807, 2.05) is 6.07 Å². The van der Waals surface area contributed by atoms with Gasteiger partial charge in [-0.3, -0.25) is 14.7 Å². The van der Waals surface area contributed by atoms with Gasteiger partial charge in [-0.2, -0.15) is 0 Å². The Hall–Kier alpha value is -3.06. The number of hydrogen-bond acceptors (Lipinski definition) is 5. The molecule has 1 aliphatic heterocycles. The van der Waals surface area contributed by atoms with Crippen molar-refractivity contribution >= 4 is 5.91 Å². The third-order valence-corrected chi connectivity index (χ3v) is 6.17. The van der Waals surface area contributed by atoms with Crippen LogP contribution in [0.5, 0.6) is 0 Å². The van der Waals surface area contributed by atoms with E-state index < -0.39 is 0 Å². The zero-order valence-corrected chi connectivity index (χ0v) is 19.4. The first-order valence-electron chi connectivity index (χ1n) is 11.3. The van der Waals surface area contributed by atoms with Gasteiger partial charge in [0.05, 0.1) is 6.04 Å². The molecular weight excluding hydrogens is 400 g/mol. The lowest BCUT2D eigenvalue weighted by Gasteiger charge is -2.23. The molecule has 7 heteroatoms. The Bertz CT molecular complexity index is 1080. The highest BCUT2D eigenvalue weighted by Crippen LogP contribution is 2.23. The van der Waals surface area contributed by atoms with E-state index in [2.05, 4.69) is 75.9 Å². The van der Waals surface area contributed by atoms with Crippen molar-refractivity contribution in [2.75, 3.05) is 13.1 Å². The molecule has 3 heterocycles. The number of carbonyl (C=O) groups is 1. The second kappa shape index (κ2) is 9.61. The average Bonchev–Trinajstić information content (AvgIpc) is 3.07. The van der Waals surface area contributed by atoms with Crippen LogP contribution < -0.4 is 5.32 Å². The van der Waals surface area contributed by atoms with Gasteiger partial charge < -0.3 is 9.88 Å². The summed E-state index contributed by atoms with van der Waals surface area (Å²) in [6.45, 7) is 12.1. The molecule has 0 saturated carbocycles. The topological polar surface area (TPSA) is 75.9 Å². The molecular formula is C25H32N6O. The zero-order valence-electron chi connectivity index (χ0n) is 19.4. The number of nitrogens with zero attached hydrogens (tertiary/aromatic N) is 5. The van der Waals surface area contributed by atoms with Gasteiger partial charge in [0.1, 0.15) is 11.5 Å². The second-order valence-corrected chi connectivity index (χ2v) is 8.99. The van der Waals surface area contributed by atoms with Gasteiger partial charge in [-0.15, -0.1) is 10.2 Å². The van der Waals surface area contributed by atoms with Crippen molar-refractivity contribution in [2.45, 2.75) is 53.2 Å². The van der Waals surface area contributed by atoms with E-state index in [9.17, 15) is 4.79 Å². The summed E-state index contributed by atoms with van der Waals surface area (Å²) in [6, 6.07) is 11.8. The summed E-state index contributed by atoms with van der Waals surface area (Å²) >= 11 is 0. The summed E-state index contributed by atoms with van der Waals surface area (Å²) in [4.78, 5) is 19.4. The van der Waals surface area contributed by atoms with Crippen LogP contribution in [0.4, 0.5) is 0 Å². The molecule has 1 atom stereocenters. The Labute approximate surface area is 189 Å². The van der Waals surface area contributed by atoms with Crippen molar-refractivity contribution in [1.82, 2.24) is 30.0 Å². The average molecular weight is 433 g/mol. The number of benzene rings is 1. The van der Waals surface area contributed by atoms with E-state index in [0.717, 1.165) is 44.2 Å². The van der Waals surface area contributed by atoms with E-state index >= 15 is 0 Å². The van der Waals surface area contributed by atoms with Crippen molar-refractivity contribution in [3.8, 4) is 0 Å². The van der Waals surface area contributed by atoms with Crippen molar-refractivity contribution in [2.24, 2.45) is 5.92 Å². The standard InChI is InChI=1S/C25H32N6O/c1-17(2)23(27-25(32)21-7-5-6-11-26-21)24-29-28-22-10-12-30(13-14-31(22)24)16-20-9-8-18(3)15-19(20)4/h5-9,11,15,17,23H,10,12-14,16H2,1-4H3,(H,27,32). The van der Waals surface area contributed by atoms with Gasteiger partial charge in [-0.1, -0.05) is 43.7 Å². The van der Waals surface area contributed by atoms with Gasteiger partial charge in [0, 0.05) is 38.8 Å². The Kier molecular flexibility index (Phi) is 6.65. The molecule has 7 nitrogen and oxygen atoms in total. The molecule has 0 spiro atoms. The minimum atomic E-state index is -0.225. The minimum absolute atomic E-state index is 0.172. The summed E-state index contributed by atoms with van der Waals surface area (Å²) in [6.07, 6.45) is 2.48. The van der Waals surface area contributed by atoms with Gasteiger partial charge in [-0.25, -0.2) is 0 Å². The molecule has 4 rings (SSSR count). The molecule has 3 aromatic rings. The maximum Gasteiger partial charge on any atom is 0.270 e. The molecule has 0 bridgehead atoms. The zero-order chi connectivity index (χ0) is 22.7. The number of hydrogen-bond donors (Lipinski definition) is 1. The van der Waals surface area contributed by atoms with Crippen LogP contribution in [0.1, 0.15) is 58.7 Å². The predicted molar refractivity (Wildman–Crippen MR) is 124 cm³/mol. The molecule has 1 unspecified atom stereocenters. The van der Waals surface area contributed by atoms with E-state index in [-0.39, 0.29) is 17.9 Å². The highest BCUT2D eigenvalue weighted by Gasteiger charge is 2.28. The van der Waals surface area contributed by atoms with Crippen LogP contribution in [0.2, 0.25) is 0 Å². The fourth-order valence-electron chi connectivity index (χ4n) is 4.28. The van der Waals surface area contributed by atoms with E-state index in [4.69, 9.17) is 0 Å². The number of aromatic nitrogens is 4. The monoisotopic (exact) mass is 432 g/mol. The molecule has 32 heavy (non-hydrogen) atoms. The van der Waals surface area contributed by atoms with Crippen LogP contribution in [0.15, 0.2) is 42.6 Å². The van der Waals surface area contributed by atoms with Crippen molar-refractivity contribution in [3.05, 3.63) is 76.6 Å². The van der Waals surface area contributed by atoms with Gasteiger partial charge in [0.25, 0.3) is 5.91 Å². The Balaban J connectivity index is 1.49. The highest BCUT2D eigenvalue weighted by atomic mass is 16.2. The van der Waals surface area contributed by atoms with Crippen LogP contribution in [0.3, 0.4) is 0 Å². The molecule has 1 amide bonds. The van der Waals surface area contributed by atoms with E-state index in [0.29, 0.717) is 5.69 Å². The largest absolute Gasteiger partial charge is 0.340 e. The number of rotatable bonds is 6. The number of amides is 1. The first kappa shape index (κ1) is 22.1. The summed E-state index contributed by atoms with van der Waals surface area (Å²) in [7, 11) is 0. The van der Waals surface area contributed by atoms with Gasteiger partial charge in [-0.05, 0) is 43.0 Å². The third-order valence-electron chi connectivity index (χ3n) is 6.17. The molecule has 0 fully saturated rings. The SMILES string of the molecule is Cc1ccc(CN2CCc3nnc(C(NC(=O)c4ccccn4)C(C)C)n3CC2)c(C)c1. The van der Waals surface area contributed by atoms with Crippen LogP contribution in [0, 0.1) is 19.8 Å². The van der Waals surface area contributed by atoms with Gasteiger partial charge in [0.2, 0.25) is 0 Å². The summed E-state index contributed by atoms with van der Waals surface area (Å²) in [5.74, 6) is 1.80. The van der Waals surface area contributed by atoms with Crippen LogP contribution >= 0.6 is 0 Å². The van der Waals surface area contributed by atoms with Gasteiger partial charge in [0.15, 0.2) is 5.82 Å².